The first-order chi connectivity index (χ1) is 21.6. The van der Waals surface area contributed by atoms with Gasteiger partial charge < -0.3 is 19.1 Å². The molecule has 15 nitrogen and oxygen atoms in total. The van der Waals surface area contributed by atoms with Gasteiger partial charge in [0.05, 0.1) is 20.9 Å². The van der Waals surface area contributed by atoms with E-state index in [0.717, 1.165) is 28.7 Å². The summed E-state index contributed by atoms with van der Waals surface area (Å²) in [6, 6.07) is 19.6. The van der Waals surface area contributed by atoms with Crippen LogP contribution < -0.4 is 9.47 Å². The molecule has 0 saturated carbocycles. The van der Waals surface area contributed by atoms with E-state index in [4.69, 9.17) is 14.6 Å². The number of rotatable bonds is 8. The van der Waals surface area contributed by atoms with Crippen LogP contribution in [0, 0.1) is 20.2 Å². The van der Waals surface area contributed by atoms with Gasteiger partial charge in [-0.2, -0.15) is 0 Å². The van der Waals surface area contributed by atoms with Gasteiger partial charge in [0.15, 0.2) is 0 Å². The van der Waals surface area contributed by atoms with Gasteiger partial charge in [0.25, 0.3) is 11.4 Å². The third-order valence-electron chi connectivity index (χ3n) is 6.40. The second-order valence-electron chi connectivity index (χ2n) is 9.35. The number of ether oxygens (including phenoxy) is 2. The van der Waals surface area contributed by atoms with E-state index in [-0.39, 0.29) is 35.6 Å². The average Bonchev–Trinajstić information content (AvgIpc) is 3.64. The Morgan fingerprint density at radius 3 is 1.73 bits per heavy atom. The van der Waals surface area contributed by atoms with Crippen molar-refractivity contribution in [1.82, 2.24) is 19.1 Å². The number of hydrogen-bond donors (Lipinski definition) is 1. The lowest BCUT2D eigenvalue weighted by Crippen LogP contribution is -2.07. The molecule has 2 aromatic carbocycles. The van der Waals surface area contributed by atoms with Gasteiger partial charge in [-0.3, -0.25) is 34.4 Å². The molecule has 45 heavy (non-hydrogen) atoms. The van der Waals surface area contributed by atoms with Crippen molar-refractivity contribution >= 4 is 45.1 Å². The number of nitrogens with zero attached hydrogens (tertiary/aromatic N) is 6. The van der Waals surface area contributed by atoms with Crippen LogP contribution in [-0.4, -0.2) is 45.9 Å². The van der Waals surface area contributed by atoms with Crippen molar-refractivity contribution in [1.29, 1.82) is 0 Å². The molecule has 0 atom stereocenters. The number of carbonyl (C=O) groups is 2. The van der Waals surface area contributed by atoms with Crippen molar-refractivity contribution in [2.24, 2.45) is 0 Å². The summed E-state index contributed by atoms with van der Waals surface area (Å²) in [7, 11) is 0. The molecule has 1 N–H and O–H groups in total. The summed E-state index contributed by atoms with van der Waals surface area (Å²) in [6.45, 7) is 1.33. The van der Waals surface area contributed by atoms with Gasteiger partial charge in [-0.1, -0.05) is 12.1 Å². The predicted molar refractivity (Wildman–Crippen MR) is 160 cm³/mol. The molecular formula is C30H22N6O9. The van der Waals surface area contributed by atoms with Crippen molar-refractivity contribution in [2.75, 3.05) is 0 Å². The third-order valence-corrected chi connectivity index (χ3v) is 6.40. The third kappa shape index (κ3) is 6.72. The largest absolute Gasteiger partial charge is 0.480 e. The van der Waals surface area contributed by atoms with E-state index in [1.807, 2.05) is 6.07 Å². The molecule has 0 aliphatic heterocycles. The average molecular weight is 611 g/mol. The highest BCUT2D eigenvalue weighted by atomic mass is 16.6. The van der Waals surface area contributed by atoms with Crippen LogP contribution in [0.1, 0.15) is 11.7 Å². The van der Waals surface area contributed by atoms with Crippen LogP contribution in [0.25, 0.3) is 21.8 Å². The number of fused-ring (bicyclic) bond motifs is 2. The number of aliphatic carboxylic acids is 1. The van der Waals surface area contributed by atoms with Crippen molar-refractivity contribution in [3.8, 4) is 23.3 Å². The van der Waals surface area contributed by atoms with Gasteiger partial charge >= 0.3 is 5.97 Å². The number of pyridine rings is 2. The van der Waals surface area contributed by atoms with Crippen molar-refractivity contribution in [2.45, 2.75) is 13.5 Å². The number of hydrogen-bond acceptors (Lipinski definition) is 10. The molecule has 15 heteroatoms. The summed E-state index contributed by atoms with van der Waals surface area (Å²) < 4.78 is 14.4. The molecule has 226 valence electrons. The standard InChI is InChI=1S/C15H11N3O5.C15H11N3O4/c19-15(20)9-17-7-6-11-12(17)2-1-3-13(11)23-14-5-4-10(8-16-14)18(21)22;1-10(19)17-8-7-12-13(17)3-2-4-14(12)22-15-6-5-11(9-16-15)18(20)21/h1-8H,9H2,(H,19,20);2-9H,1H3. The lowest BCUT2D eigenvalue weighted by Gasteiger charge is -2.07. The zero-order valence-corrected chi connectivity index (χ0v) is 23.3. The van der Waals surface area contributed by atoms with Crippen LogP contribution in [0.5, 0.6) is 23.3 Å². The Bertz CT molecular complexity index is 2050. The number of carboxylic acid groups (broad SMARTS) is 1. The number of benzene rings is 2. The lowest BCUT2D eigenvalue weighted by atomic mass is 10.2. The molecule has 0 aliphatic carbocycles. The fourth-order valence-electron chi connectivity index (χ4n) is 4.38. The first-order valence-electron chi connectivity index (χ1n) is 13.1. The molecule has 0 radical (unpaired) electrons. The lowest BCUT2D eigenvalue weighted by molar-refractivity contribution is -0.385. The maximum absolute atomic E-state index is 11.5. The molecule has 6 rings (SSSR count). The minimum absolute atomic E-state index is 0.0967. The fourth-order valence-corrected chi connectivity index (χ4v) is 4.38. The van der Waals surface area contributed by atoms with Crippen LogP contribution in [0.3, 0.4) is 0 Å². The Morgan fingerprint density at radius 2 is 1.27 bits per heavy atom. The van der Waals surface area contributed by atoms with Crippen LogP contribution in [0.4, 0.5) is 11.4 Å². The fraction of sp³-hybridized carbons (Fsp3) is 0.0667. The Labute approximate surface area is 252 Å². The van der Waals surface area contributed by atoms with Crippen LogP contribution >= 0.6 is 0 Å². The quantitative estimate of drug-likeness (QED) is 0.152. The van der Waals surface area contributed by atoms with Gasteiger partial charge in [0.2, 0.25) is 17.7 Å². The Morgan fingerprint density at radius 1 is 0.756 bits per heavy atom. The molecule has 0 amide bonds. The van der Waals surface area contributed by atoms with Crippen molar-refractivity contribution in [3.63, 3.8) is 0 Å². The Hall–Kier alpha value is -6.64. The zero-order chi connectivity index (χ0) is 32.1. The molecule has 0 bridgehead atoms. The topological polar surface area (TPSA) is 195 Å². The Kier molecular flexibility index (Phi) is 8.42. The molecule has 0 saturated heterocycles. The summed E-state index contributed by atoms with van der Waals surface area (Å²) in [6.07, 6.45) is 5.58. The highest BCUT2D eigenvalue weighted by molar-refractivity contribution is 5.94. The molecule has 0 unspecified atom stereocenters. The number of carboxylic acids is 1. The molecule has 0 fully saturated rings. The molecule has 4 aromatic heterocycles. The van der Waals surface area contributed by atoms with E-state index >= 15 is 0 Å². The van der Waals surface area contributed by atoms with Gasteiger partial charge in [-0.05, 0) is 36.4 Å². The van der Waals surface area contributed by atoms with Gasteiger partial charge in [0, 0.05) is 54.4 Å². The zero-order valence-electron chi connectivity index (χ0n) is 23.3. The van der Waals surface area contributed by atoms with Crippen molar-refractivity contribution in [3.05, 3.63) is 118 Å². The minimum Gasteiger partial charge on any atom is -0.480 e. The maximum atomic E-state index is 11.5. The van der Waals surface area contributed by atoms with E-state index in [2.05, 4.69) is 9.97 Å². The van der Waals surface area contributed by atoms with Gasteiger partial charge in [-0.15, -0.1) is 0 Å². The normalized spacial score (nSPS) is 10.6. The second-order valence-corrected chi connectivity index (χ2v) is 9.35. The second kappa shape index (κ2) is 12.7. The summed E-state index contributed by atoms with van der Waals surface area (Å²) in [5.41, 5.74) is 1.22. The number of aromatic nitrogens is 4. The molecule has 6 aromatic rings. The summed E-state index contributed by atoms with van der Waals surface area (Å²) in [5.74, 6) is 0.445. The minimum atomic E-state index is -0.939. The molecule has 0 aliphatic rings. The summed E-state index contributed by atoms with van der Waals surface area (Å²) >= 11 is 0. The molecule has 4 heterocycles. The Balaban J connectivity index is 0.000000178. The van der Waals surface area contributed by atoms with Crippen LogP contribution in [-0.2, 0) is 11.3 Å². The monoisotopic (exact) mass is 610 g/mol. The van der Waals surface area contributed by atoms with E-state index in [0.29, 0.717) is 17.0 Å². The maximum Gasteiger partial charge on any atom is 0.323 e. The van der Waals surface area contributed by atoms with E-state index in [1.165, 1.54) is 35.8 Å². The molecule has 0 spiro atoms. The molecular weight excluding hydrogens is 588 g/mol. The van der Waals surface area contributed by atoms with Gasteiger partial charge in [-0.25, -0.2) is 9.97 Å². The number of carbonyl (C=O) groups excluding carboxylic acids is 1. The number of nitro groups is 2. The highest BCUT2D eigenvalue weighted by Gasteiger charge is 2.13. The smallest absolute Gasteiger partial charge is 0.323 e. The first-order valence-corrected chi connectivity index (χ1v) is 13.1. The highest BCUT2D eigenvalue weighted by Crippen LogP contribution is 2.31. The van der Waals surface area contributed by atoms with Crippen molar-refractivity contribution < 1.29 is 34.0 Å². The first kappa shape index (κ1) is 29.8. The van der Waals surface area contributed by atoms with Crippen LogP contribution in [0.2, 0.25) is 0 Å². The predicted octanol–water partition coefficient (Wildman–Crippen LogP) is 6.22. The van der Waals surface area contributed by atoms with E-state index in [1.54, 1.807) is 59.4 Å². The summed E-state index contributed by atoms with van der Waals surface area (Å²) in [5, 5.41) is 31.6. The SMILES string of the molecule is CC(=O)n1ccc2c(Oc3ccc([N+](=O)[O-])cn3)cccc21.O=C(O)Cn1ccc2c(Oc3ccc([N+](=O)[O-])cn3)cccc21. The van der Waals surface area contributed by atoms with Crippen LogP contribution in [0.15, 0.2) is 97.6 Å². The van der Waals surface area contributed by atoms with E-state index < -0.39 is 15.8 Å². The summed E-state index contributed by atoms with van der Waals surface area (Å²) in [4.78, 5) is 50.3. The van der Waals surface area contributed by atoms with Gasteiger partial charge in [0.1, 0.15) is 30.4 Å². The van der Waals surface area contributed by atoms with E-state index in [9.17, 15) is 29.8 Å².